The van der Waals surface area contributed by atoms with Gasteiger partial charge in [0.15, 0.2) is 0 Å². The molecule has 0 aromatic carbocycles. The molecule has 0 bridgehead atoms. The Morgan fingerprint density at radius 2 is 1.80 bits per heavy atom. The van der Waals surface area contributed by atoms with Crippen molar-refractivity contribution in [3.8, 4) is 0 Å². The number of ether oxygens (including phenoxy) is 2. The van der Waals surface area contributed by atoms with Gasteiger partial charge in [-0.25, -0.2) is 0 Å². The van der Waals surface area contributed by atoms with Gasteiger partial charge in [0.05, 0.1) is 25.2 Å². The van der Waals surface area contributed by atoms with Crippen LogP contribution in [0, 0.1) is 5.41 Å². The molecule has 0 radical (unpaired) electrons. The number of carboxylic acids is 1. The fourth-order valence-corrected chi connectivity index (χ4v) is 0.855. The number of carbonyl (C=O) groups is 1. The molecular weight excluding hydrogens is 196 g/mol. The summed E-state index contributed by atoms with van der Waals surface area (Å²) in [6.07, 6.45) is 2.17. The summed E-state index contributed by atoms with van der Waals surface area (Å²) in [5.41, 5.74) is -0.816. The fraction of sp³-hybridized carbons (Fsp3) is 0.909. The van der Waals surface area contributed by atoms with E-state index in [9.17, 15) is 4.79 Å². The minimum absolute atomic E-state index is 0.222. The summed E-state index contributed by atoms with van der Waals surface area (Å²) in [4.78, 5) is 10.7. The third-order valence-electron chi connectivity index (χ3n) is 2.06. The summed E-state index contributed by atoms with van der Waals surface area (Å²) >= 11 is 0. The van der Waals surface area contributed by atoms with Gasteiger partial charge in [0.1, 0.15) is 0 Å². The first-order valence-electron chi connectivity index (χ1n) is 5.39. The SMILES string of the molecule is CCCCOCCOCC(C)(C)C(=O)O. The van der Waals surface area contributed by atoms with Gasteiger partial charge in [0.2, 0.25) is 0 Å². The highest BCUT2D eigenvalue weighted by atomic mass is 16.5. The Balaban J connectivity index is 3.35. The number of aliphatic carboxylic acids is 1. The molecule has 0 atom stereocenters. The molecule has 0 aromatic heterocycles. The van der Waals surface area contributed by atoms with Crippen molar-refractivity contribution in [2.75, 3.05) is 26.4 Å². The third kappa shape index (κ3) is 7.33. The molecule has 0 fully saturated rings. The predicted molar refractivity (Wildman–Crippen MR) is 58.0 cm³/mol. The third-order valence-corrected chi connectivity index (χ3v) is 2.06. The van der Waals surface area contributed by atoms with Gasteiger partial charge in [0, 0.05) is 6.61 Å². The highest BCUT2D eigenvalue weighted by Gasteiger charge is 2.27. The Kier molecular flexibility index (Phi) is 7.34. The van der Waals surface area contributed by atoms with Crippen LogP contribution in [0.5, 0.6) is 0 Å². The molecule has 0 aromatic rings. The maximum atomic E-state index is 10.7. The van der Waals surface area contributed by atoms with Gasteiger partial charge in [-0.05, 0) is 20.3 Å². The van der Waals surface area contributed by atoms with Gasteiger partial charge in [-0.1, -0.05) is 13.3 Å². The fourth-order valence-electron chi connectivity index (χ4n) is 0.855. The van der Waals surface area contributed by atoms with E-state index in [-0.39, 0.29) is 6.61 Å². The van der Waals surface area contributed by atoms with Crippen LogP contribution in [0.2, 0.25) is 0 Å². The number of rotatable bonds is 9. The van der Waals surface area contributed by atoms with Crippen LogP contribution in [0.25, 0.3) is 0 Å². The summed E-state index contributed by atoms with van der Waals surface area (Å²) in [7, 11) is 0. The second-order valence-corrected chi connectivity index (χ2v) is 4.21. The molecule has 0 saturated heterocycles. The summed E-state index contributed by atoms with van der Waals surface area (Å²) in [5.74, 6) is -0.839. The highest BCUT2D eigenvalue weighted by Crippen LogP contribution is 2.14. The zero-order valence-corrected chi connectivity index (χ0v) is 9.91. The Morgan fingerprint density at radius 3 is 2.33 bits per heavy atom. The normalized spacial score (nSPS) is 11.7. The van der Waals surface area contributed by atoms with E-state index in [0.29, 0.717) is 13.2 Å². The summed E-state index contributed by atoms with van der Waals surface area (Å²) in [6.45, 7) is 7.37. The van der Waals surface area contributed by atoms with Crippen molar-refractivity contribution in [2.45, 2.75) is 33.6 Å². The second-order valence-electron chi connectivity index (χ2n) is 4.21. The molecule has 4 nitrogen and oxygen atoms in total. The van der Waals surface area contributed by atoms with E-state index in [4.69, 9.17) is 14.6 Å². The summed E-state index contributed by atoms with van der Waals surface area (Å²) in [5, 5.41) is 8.80. The maximum Gasteiger partial charge on any atom is 0.311 e. The molecule has 0 aliphatic carbocycles. The van der Waals surface area contributed by atoms with Gasteiger partial charge in [0.25, 0.3) is 0 Å². The van der Waals surface area contributed by atoms with Crippen LogP contribution >= 0.6 is 0 Å². The lowest BCUT2D eigenvalue weighted by atomic mass is 9.95. The quantitative estimate of drug-likeness (QED) is 0.601. The molecule has 0 saturated carbocycles. The van der Waals surface area contributed by atoms with Crippen LogP contribution in [0.3, 0.4) is 0 Å². The Bertz CT molecular complexity index is 177. The zero-order chi connectivity index (χ0) is 11.7. The monoisotopic (exact) mass is 218 g/mol. The first kappa shape index (κ1) is 14.4. The number of hydrogen-bond donors (Lipinski definition) is 1. The van der Waals surface area contributed by atoms with Crippen LogP contribution in [0.1, 0.15) is 33.6 Å². The van der Waals surface area contributed by atoms with Crippen LogP contribution < -0.4 is 0 Å². The molecule has 1 N–H and O–H groups in total. The lowest BCUT2D eigenvalue weighted by Crippen LogP contribution is -2.29. The largest absolute Gasteiger partial charge is 0.481 e. The van der Waals surface area contributed by atoms with Crippen molar-refractivity contribution in [2.24, 2.45) is 5.41 Å². The molecule has 90 valence electrons. The van der Waals surface area contributed by atoms with Gasteiger partial charge in [-0.2, -0.15) is 0 Å². The first-order valence-corrected chi connectivity index (χ1v) is 5.39. The zero-order valence-electron chi connectivity index (χ0n) is 9.91. The molecule has 0 amide bonds. The first-order chi connectivity index (χ1) is 7.00. The van der Waals surface area contributed by atoms with Crippen LogP contribution in [0.15, 0.2) is 0 Å². The minimum atomic E-state index is -0.839. The van der Waals surface area contributed by atoms with Crippen molar-refractivity contribution in [1.82, 2.24) is 0 Å². The van der Waals surface area contributed by atoms with Gasteiger partial charge in [-0.15, -0.1) is 0 Å². The number of hydrogen-bond acceptors (Lipinski definition) is 3. The lowest BCUT2D eigenvalue weighted by molar-refractivity contribution is -0.150. The lowest BCUT2D eigenvalue weighted by Gasteiger charge is -2.18. The molecule has 0 spiro atoms. The van der Waals surface area contributed by atoms with Crippen molar-refractivity contribution >= 4 is 5.97 Å². The number of unbranched alkanes of at least 4 members (excludes halogenated alkanes) is 1. The average Bonchev–Trinajstić information content (AvgIpc) is 2.16. The second kappa shape index (κ2) is 7.65. The van der Waals surface area contributed by atoms with Crippen LogP contribution in [0.4, 0.5) is 0 Å². The van der Waals surface area contributed by atoms with Crippen molar-refractivity contribution in [3.63, 3.8) is 0 Å². The summed E-state index contributed by atoms with van der Waals surface area (Å²) in [6, 6.07) is 0. The van der Waals surface area contributed by atoms with E-state index in [2.05, 4.69) is 6.92 Å². The van der Waals surface area contributed by atoms with Gasteiger partial charge < -0.3 is 14.6 Å². The molecule has 0 unspecified atom stereocenters. The van der Waals surface area contributed by atoms with E-state index < -0.39 is 11.4 Å². The molecule has 15 heavy (non-hydrogen) atoms. The van der Waals surface area contributed by atoms with Crippen LogP contribution in [-0.2, 0) is 14.3 Å². The molecule has 0 aliphatic rings. The van der Waals surface area contributed by atoms with E-state index in [1.54, 1.807) is 13.8 Å². The Labute approximate surface area is 91.6 Å². The van der Waals surface area contributed by atoms with Crippen molar-refractivity contribution < 1.29 is 19.4 Å². The molecule has 0 aliphatic heterocycles. The predicted octanol–water partition coefficient (Wildman–Crippen LogP) is 1.93. The molecule has 4 heteroatoms. The Morgan fingerprint density at radius 1 is 1.20 bits per heavy atom. The molecule has 0 heterocycles. The molecular formula is C11H22O4. The van der Waals surface area contributed by atoms with E-state index >= 15 is 0 Å². The number of carboxylic acid groups (broad SMARTS) is 1. The summed E-state index contributed by atoms with van der Waals surface area (Å²) < 4.78 is 10.5. The van der Waals surface area contributed by atoms with Gasteiger partial charge in [-0.3, -0.25) is 4.79 Å². The van der Waals surface area contributed by atoms with E-state index in [0.717, 1.165) is 19.4 Å². The van der Waals surface area contributed by atoms with Crippen LogP contribution in [-0.4, -0.2) is 37.5 Å². The van der Waals surface area contributed by atoms with E-state index in [1.165, 1.54) is 0 Å². The average molecular weight is 218 g/mol. The minimum Gasteiger partial charge on any atom is -0.481 e. The van der Waals surface area contributed by atoms with Crippen molar-refractivity contribution in [3.05, 3.63) is 0 Å². The topological polar surface area (TPSA) is 55.8 Å². The molecule has 0 rings (SSSR count). The van der Waals surface area contributed by atoms with E-state index in [1.807, 2.05) is 0 Å². The Hall–Kier alpha value is -0.610. The highest BCUT2D eigenvalue weighted by molar-refractivity contribution is 5.73. The smallest absolute Gasteiger partial charge is 0.311 e. The van der Waals surface area contributed by atoms with Gasteiger partial charge >= 0.3 is 5.97 Å². The maximum absolute atomic E-state index is 10.7. The standard InChI is InChI=1S/C11H22O4/c1-4-5-6-14-7-8-15-9-11(2,3)10(12)13/h4-9H2,1-3H3,(H,12,13). The van der Waals surface area contributed by atoms with Crippen molar-refractivity contribution in [1.29, 1.82) is 0 Å².